The number of hydrogen-bond donors (Lipinski definition) is 0. The van der Waals surface area contributed by atoms with Gasteiger partial charge in [0, 0.05) is 23.8 Å². The molecule has 0 bridgehead atoms. The molecule has 0 aliphatic heterocycles. The molecule has 0 atom stereocenters. The highest BCUT2D eigenvalue weighted by Gasteiger charge is 2.18. The monoisotopic (exact) mass is 447 g/mol. The fourth-order valence-corrected chi connectivity index (χ4v) is 3.80. The number of ketones is 1. The highest BCUT2D eigenvalue weighted by Crippen LogP contribution is 2.29. The van der Waals surface area contributed by atoms with E-state index in [1.807, 2.05) is 16.7 Å². The Morgan fingerprint density at radius 2 is 1.83 bits per heavy atom. The van der Waals surface area contributed by atoms with Gasteiger partial charge < -0.3 is 14.2 Å². The molecule has 0 aliphatic rings. The maximum absolute atomic E-state index is 12.8. The number of rotatable bonds is 10. The van der Waals surface area contributed by atoms with Crippen molar-refractivity contribution in [2.45, 2.75) is 11.7 Å². The normalized spacial score (nSPS) is 10.8. The van der Waals surface area contributed by atoms with Crippen LogP contribution in [0.15, 0.2) is 47.6 Å². The molecule has 1 aromatic heterocycles. The fraction of sp³-hybridized carbons (Fsp3) is 0.286. The molecule has 0 spiro atoms. The molecular weight excluding hydrogens is 426 g/mol. The summed E-state index contributed by atoms with van der Waals surface area (Å²) in [5.41, 5.74) is 1.38. The zero-order chi connectivity index (χ0) is 21.5. The van der Waals surface area contributed by atoms with E-state index < -0.39 is 0 Å². The summed E-state index contributed by atoms with van der Waals surface area (Å²) >= 11 is 7.31. The van der Waals surface area contributed by atoms with Gasteiger partial charge >= 0.3 is 0 Å². The Morgan fingerprint density at radius 1 is 1.07 bits per heavy atom. The Morgan fingerprint density at radius 3 is 2.50 bits per heavy atom. The number of methoxy groups -OCH3 is 3. The van der Waals surface area contributed by atoms with Crippen molar-refractivity contribution in [3.05, 3.63) is 53.1 Å². The van der Waals surface area contributed by atoms with Gasteiger partial charge in [0.1, 0.15) is 11.5 Å². The molecule has 1 heterocycles. The number of carbonyl (C=O) groups excluding carboxylic acids is 1. The first-order chi connectivity index (χ1) is 14.6. The van der Waals surface area contributed by atoms with Crippen LogP contribution in [0.4, 0.5) is 0 Å². The van der Waals surface area contributed by atoms with Crippen LogP contribution in [0.2, 0.25) is 5.02 Å². The number of ether oxygens (including phenoxy) is 3. The topological polar surface area (TPSA) is 75.5 Å². The Labute approximate surface area is 184 Å². The highest BCUT2D eigenvalue weighted by atomic mass is 35.5. The van der Waals surface area contributed by atoms with Crippen LogP contribution in [0, 0.1) is 0 Å². The van der Waals surface area contributed by atoms with Crippen LogP contribution in [0.3, 0.4) is 0 Å². The van der Waals surface area contributed by atoms with Gasteiger partial charge in [0.2, 0.25) is 0 Å². The summed E-state index contributed by atoms with van der Waals surface area (Å²) in [6, 6.07) is 12.5. The lowest BCUT2D eigenvalue weighted by molar-refractivity contribution is 0.101. The highest BCUT2D eigenvalue weighted by molar-refractivity contribution is 7.99. The molecule has 0 saturated heterocycles. The average Bonchev–Trinajstić information content (AvgIpc) is 3.18. The minimum absolute atomic E-state index is 0.0752. The van der Waals surface area contributed by atoms with Gasteiger partial charge in [-0.25, -0.2) is 0 Å². The van der Waals surface area contributed by atoms with Crippen molar-refractivity contribution in [2.24, 2.45) is 0 Å². The van der Waals surface area contributed by atoms with Crippen LogP contribution < -0.4 is 9.47 Å². The third-order valence-electron chi connectivity index (χ3n) is 4.38. The van der Waals surface area contributed by atoms with Gasteiger partial charge in [0.15, 0.2) is 16.8 Å². The third kappa shape index (κ3) is 5.13. The van der Waals surface area contributed by atoms with Crippen LogP contribution in [0.1, 0.15) is 10.4 Å². The lowest BCUT2D eigenvalue weighted by atomic mass is 10.1. The van der Waals surface area contributed by atoms with Crippen molar-refractivity contribution in [3.63, 3.8) is 0 Å². The number of nitrogens with zero attached hydrogens (tertiary/aromatic N) is 3. The molecule has 0 aliphatic carbocycles. The number of hydrogen-bond acceptors (Lipinski definition) is 7. The molecule has 2 aromatic carbocycles. The van der Waals surface area contributed by atoms with Gasteiger partial charge in [-0.2, -0.15) is 0 Å². The van der Waals surface area contributed by atoms with E-state index in [0.29, 0.717) is 46.2 Å². The number of benzene rings is 2. The molecular formula is C21H22ClN3O4S. The van der Waals surface area contributed by atoms with Crippen molar-refractivity contribution < 1.29 is 19.0 Å². The Hall–Kier alpha value is -2.55. The lowest BCUT2D eigenvalue weighted by Gasteiger charge is -2.11. The first-order valence-corrected chi connectivity index (χ1v) is 10.5. The summed E-state index contributed by atoms with van der Waals surface area (Å²) in [7, 11) is 4.73. The molecule has 9 heteroatoms. The van der Waals surface area contributed by atoms with Crippen molar-refractivity contribution in [1.29, 1.82) is 0 Å². The summed E-state index contributed by atoms with van der Waals surface area (Å²) in [5, 5.41) is 9.89. The molecule has 158 valence electrons. The Bertz CT molecular complexity index is 1010. The molecule has 0 radical (unpaired) electrons. The molecule has 0 saturated carbocycles. The second kappa shape index (κ2) is 10.5. The SMILES string of the molecule is COCCn1c(SCC(=O)c2ccc(OC)cc2OC)nnc1-c1ccc(Cl)cc1. The van der Waals surface area contributed by atoms with Crippen LogP contribution in [-0.2, 0) is 11.3 Å². The van der Waals surface area contributed by atoms with E-state index in [-0.39, 0.29) is 11.5 Å². The number of Topliss-reactive ketones (excluding diaryl/α,β-unsaturated/α-hetero) is 1. The average molecular weight is 448 g/mol. The van der Waals surface area contributed by atoms with Gasteiger partial charge in [-0.1, -0.05) is 23.4 Å². The largest absolute Gasteiger partial charge is 0.497 e. The molecule has 0 fully saturated rings. The van der Waals surface area contributed by atoms with E-state index in [4.69, 9.17) is 25.8 Å². The quantitative estimate of drug-likeness (QED) is 0.340. The Balaban J connectivity index is 1.81. The molecule has 0 unspecified atom stereocenters. The number of carbonyl (C=O) groups is 1. The molecule has 3 aromatic rings. The summed E-state index contributed by atoms with van der Waals surface area (Å²) in [6.45, 7) is 1.05. The Kier molecular flexibility index (Phi) is 7.73. The summed E-state index contributed by atoms with van der Waals surface area (Å²) in [4.78, 5) is 12.8. The van der Waals surface area contributed by atoms with E-state index in [1.165, 1.54) is 18.9 Å². The lowest BCUT2D eigenvalue weighted by Crippen LogP contribution is -2.10. The van der Waals surface area contributed by atoms with Gasteiger partial charge in [0.05, 0.1) is 38.7 Å². The van der Waals surface area contributed by atoms with Gasteiger partial charge in [-0.05, 0) is 36.4 Å². The van der Waals surface area contributed by atoms with Gasteiger partial charge in [0.25, 0.3) is 0 Å². The van der Waals surface area contributed by atoms with E-state index in [2.05, 4.69) is 10.2 Å². The maximum Gasteiger partial charge on any atom is 0.192 e. The van der Waals surface area contributed by atoms with E-state index in [9.17, 15) is 4.79 Å². The molecule has 30 heavy (non-hydrogen) atoms. The summed E-state index contributed by atoms with van der Waals surface area (Å²) in [5.74, 6) is 1.91. The van der Waals surface area contributed by atoms with Crippen LogP contribution in [-0.4, -0.2) is 54.2 Å². The van der Waals surface area contributed by atoms with E-state index in [1.54, 1.807) is 44.6 Å². The standard InChI is InChI=1S/C21H22ClN3O4S/c1-27-11-10-25-20(14-4-6-15(22)7-5-14)23-24-21(25)30-13-18(26)17-9-8-16(28-2)12-19(17)29-3/h4-9,12H,10-11,13H2,1-3H3. The number of thioether (sulfide) groups is 1. The smallest absolute Gasteiger partial charge is 0.192 e. The molecule has 0 N–H and O–H groups in total. The number of aromatic nitrogens is 3. The molecule has 7 nitrogen and oxygen atoms in total. The second-order valence-electron chi connectivity index (χ2n) is 6.24. The minimum Gasteiger partial charge on any atom is -0.497 e. The van der Waals surface area contributed by atoms with Crippen molar-refractivity contribution in [3.8, 4) is 22.9 Å². The predicted octanol–water partition coefficient (Wildman–Crippen LogP) is 4.24. The first-order valence-electron chi connectivity index (χ1n) is 9.13. The molecule has 0 amide bonds. The van der Waals surface area contributed by atoms with E-state index >= 15 is 0 Å². The second-order valence-corrected chi connectivity index (χ2v) is 7.61. The van der Waals surface area contributed by atoms with Crippen molar-refractivity contribution >= 4 is 29.1 Å². The third-order valence-corrected chi connectivity index (χ3v) is 5.60. The van der Waals surface area contributed by atoms with Crippen molar-refractivity contribution in [2.75, 3.05) is 33.7 Å². The van der Waals surface area contributed by atoms with Crippen molar-refractivity contribution in [1.82, 2.24) is 14.8 Å². The van der Waals surface area contributed by atoms with Crippen LogP contribution in [0.25, 0.3) is 11.4 Å². The summed E-state index contributed by atoms with van der Waals surface area (Å²) in [6.07, 6.45) is 0. The minimum atomic E-state index is -0.0752. The zero-order valence-corrected chi connectivity index (χ0v) is 18.5. The van der Waals surface area contributed by atoms with Crippen LogP contribution >= 0.6 is 23.4 Å². The fourth-order valence-electron chi connectivity index (χ4n) is 2.83. The van der Waals surface area contributed by atoms with Gasteiger partial charge in [-0.3, -0.25) is 9.36 Å². The van der Waals surface area contributed by atoms with E-state index in [0.717, 1.165) is 5.56 Å². The number of halogens is 1. The summed E-state index contributed by atoms with van der Waals surface area (Å²) < 4.78 is 17.7. The maximum atomic E-state index is 12.8. The predicted molar refractivity (Wildman–Crippen MR) is 117 cm³/mol. The van der Waals surface area contributed by atoms with Gasteiger partial charge in [-0.15, -0.1) is 10.2 Å². The first kappa shape index (κ1) is 22.1. The zero-order valence-electron chi connectivity index (χ0n) is 16.9. The van der Waals surface area contributed by atoms with Crippen LogP contribution in [0.5, 0.6) is 11.5 Å². The molecule has 3 rings (SSSR count).